The van der Waals surface area contributed by atoms with Crippen LogP contribution in [0.25, 0.3) is 0 Å². The molecule has 0 bridgehead atoms. The smallest absolute Gasteiger partial charge is 0.411 e. The van der Waals surface area contributed by atoms with Crippen molar-refractivity contribution < 1.29 is 9.53 Å². The third-order valence-corrected chi connectivity index (χ3v) is 3.81. The summed E-state index contributed by atoms with van der Waals surface area (Å²) in [7, 11) is 0. The lowest BCUT2D eigenvalue weighted by Gasteiger charge is -2.27. The molecule has 0 aliphatic carbocycles. The molecule has 2 rings (SSSR count). The monoisotopic (exact) mass is 283 g/mol. The van der Waals surface area contributed by atoms with Crippen LogP contribution in [0.1, 0.15) is 31.2 Å². The number of benzene rings is 1. The van der Waals surface area contributed by atoms with Crippen LogP contribution in [0.5, 0.6) is 0 Å². The number of carbonyl (C=O) groups is 1. The van der Waals surface area contributed by atoms with Crippen molar-refractivity contribution in [2.45, 2.75) is 44.4 Å². The summed E-state index contributed by atoms with van der Waals surface area (Å²) in [4.78, 5) is 14.1. The zero-order chi connectivity index (χ0) is 15.1. The van der Waals surface area contributed by atoms with Gasteiger partial charge in [-0.15, -0.1) is 13.0 Å². The van der Waals surface area contributed by atoms with Gasteiger partial charge in [0.25, 0.3) is 0 Å². The minimum absolute atomic E-state index is 0.150. The van der Waals surface area contributed by atoms with Crippen LogP contribution in [0.2, 0.25) is 0 Å². The average molecular weight is 283 g/mol. The second kappa shape index (κ2) is 7.54. The molecule has 3 heteroatoms. The van der Waals surface area contributed by atoms with Crippen LogP contribution in [0, 0.1) is 12.3 Å². The summed E-state index contributed by atoms with van der Waals surface area (Å²) in [5.74, 6) is 2.70. The van der Waals surface area contributed by atoms with Crippen molar-refractivity contribution >= 4 is 6.09 Å². The number of hydrogen-bond acceptors (Lipinski definition) is 2. The molecular weight excluding hydrogens is 262 g/mol. The summed E-state index contributed by atoms with van der Waals surface area (Å²) in [6, 6.07) is 9.67. The maximum absolute atomic E-state index is 12.3. The predicted molar refractivity (Wildman–Crippen MR) is 83.5 cm³/mol. The highest BCUT2D eigenvalue weighted by atomic mass is 16.6. The van der Waals surface area contributed by atoms with E-state index in [9.17, 15) is 4.79 Å². The lowest BCUT2D eigenvalue weighted by atomic mass is 10.1. The minimum Gasteiger partial charge on any atom is -0.445 e. The second-order valence-electron chi connectivity index (χ2n) is 5.23. The summed E-state index contributed by atoms with van der Waals surface area (Å²) in [6.07, 6.45) is 10.7. The van der Waals surface area contributed by atoms with Gasteiger partial charge >= 0.3 is 6.09 Å². The first-order valence-electron chi connectivity index (χ1n) is 7.32. The van der Waals surface area contributed by atoms with Crippen LogP contribution in [-0.4, -0.2) is 23.1 Å². The van der Waals surface area contributed by atoms with Crippen LogP contribution in [0.4, 0.5) is 4.79 Å². The molecule has 3 nitrogen and oxygen atoms in total. The van der Waals surface area contributed by atoms with Crippen LogP contribution in [0.15, 0.2) is 43.0 Å². The van der Waals surface area contributed by atoms with E-state index in [0.717, 1.165) is 31.2 Å². The molecule has 1 aliphatic heterocycles. The Morgan fingerprint density at radius 2 is 2.19 bits per heavy atom. The SMILES string of the molecule is C#C[C@H]1CC[C@@H](CCC=C)N1C(=O)OCc1ccccc1. The van der Waals surface area contributed by atoms with Gasteiger partial charge in [-0.3, -0.25) is 4.90 Å². The summed E-state index contributed by atoms with van der Waals surface area (Å²) in [5, 5.41) is 0. The summed E-state index contributed by atoms with van der Waals surface area (Å²) < 4.78 is 5.42. The molecule has 1 aromatic rings. The molecule has 1 aliphatic rings. The van der Waals surface area contributed by atoms with Gasteiger partial charge in [-0.2, -0.15) is 0 Å². The van der Waals surface area contributed by atoms with Gasteiger partial charge in [0.05, 0.1) is 6.04 Å². The van der Waals surface area contributed by atoms with Gasteiger partial charge in [-0.1, -0.05) is 42.3 Å². The van der Waals surface area contributed by atoms with Crippen LogP contribution < -0.4 is 0 Å². The van der Waals surface area contributed by atoms with Crippen molar-refractivity contribution in [3.8, 4) is 12.3 Å². The zero-order valence-corrected chi connectivity index (χ0v) is 12.2. The molecule has 0 unspecified atom stereocenters. The third-order valence-electron chi connectivity index (χ3n) is 3.81. The first-order valence-corrected chi connectivity index (χ1v) is 7.32. The fraction of sp³-hybridized carbons (Fsp3) is 0.389. The lowest BCUT2D eigenvalue weighted by molar-refractivity contribution is 0.0841. The van der Waals surface area contributed by atoms with E-state index in [1.165, 1.54) is 0 Å². The summed E-state index contributed by atoms with van der Waals surface area (Å²) in [5.41, 5.74) is 0.977. The molecule has 1 saturated heterocycles. The number of carbonyl (C=O) groups excluding carboxylic acids is 1. The van der Waals surface area contributed by atoms with Gasteiger partial charge in [0.15, 0.2) is 0 Å². The normalized spacial score (nSPS) is 20.8. The standard InChI is InChI=1S/C18H21NO2/c1-3-5-11-17-13-12-16(4-2)19(17)18(20)21-14-15-9-7-6-8-10-15/h2-3,6-10,16-17H,1,5,11-14H2/t16-,17+/m0/s1. The number of likely N-dealkylation sites (tertiary alicyclic amines) is 1. The maximum Gasteiger partial charge on any atom is 0.411 e. The number of amides is 1. The highest BCUT2D eigenvalue weighted by Crippen LogP contribution is 2.28. The van der Waals surface area contributed by atoms with Crippen molar-refractivity contribution in [2.75, 3.05) is 0 Å². The molecule has 0 saturated carbocycles. The van der Waals surface area contributed by atoms with Gasteiger partial charge in [0, 0.05) is 6.04 Å². The Bertz CT molecular complexity index is 518. The molecule has 2 atom stereocenters. The van der Waals surface area contributed by atoms with Crippen LogP contribution >= 0.6 is 0 Å². The van der Waals surface area contributed by atoms with E-state index in [4.69, 9.17) is 11.2 Å². The lowest BCUT2D eigenvalue weighted by Crippen LogP contribution is -2.40. The van der Waals surface area contributed by atoms with Crippen LogP contribution in [-0.2, 0) is 11.3 Å². The Kier molecular flexibility index (Phi) is 5.45. The Hall–Kier alpha value is -2.21. The highest BCUT2D eigenvalue weighted by molar-refractivity contribution is 5.69. The van der Waals surface area contributed by atoms with E-state index in [2.05, 4.69) is 12.5 Å². The molecule has 21 heavy (non-hydrogen) atoms. The molecule has 0 aromatic heterocycles. The van der Waals surface area contributed by atoms with Crippen molar-refractivity contribution in [1.29, 1.82) is 0 Å². The van der Waals surface area contributed by atoms with Gasteiger partial charge in [0.2, 0.25) is 0 Å². The van der Waals surface area contributed by atoms with E-state index in [0.29, 0.717) is 0 Å². The molecule has 0 spiro atoms. The molecule has 1 amide bonds. The number of hydrogen-bond donors (Lipinski definition) is 0. The third kappa shape index (κ3) is 3.88. The quantitative estimate of drug-likeness (QED) is 0.608. The van der Waals surface area contributed by atoms with E-state index in [1.807, 2.05) is 36.4 Å². The number of terminal acetylenes is 1. The van der Waals surface area contributed by atoms with Crippen molar-refractivity contribution in [2.24, 2.45) is 0 Å². The van der Waals surface area contributed by atoms with E-state index < -0.39 is 0 Å². The summed E-state index contributed by atoms with van der Waals surface area (Å²) >= 11 is 0. The van der Waals surface area contributed by atoms with E-state index in [-0.39, 0.29) is 24.8 Å². The Morgan fingerprint density at radius 3 is 2.86 bits per heavy atom. The molecule has 0 radical (unpaired) electrons. The molecule has 1 heterocycles. The van der Waals surface area contributed by atoms with Crippen molar-refractivity contribution in [3.05, 3.63) is 48.6 Å². The average Bonchev–Trinajstić information content (AvgIpc) is 2.94. The Balaban J connectivity index is 1.97. The number of allylic oxidation sites excluding steroid dienone is 1. The molecule has 1 aromatic carbocycles. The van der Waals surface area contributed by atoms with Gasteiger partial charge in [-0.05, 0) is 31.2 Å². The Labute approximate surface area is 126 Å². The second-order valence-corrected chi connectivity index (χ2v) is 5.23. The molecule has 0 N–H and O–H groups in total. The number of nitrogens with zero attached hydrogens (tertiary/aromatic N) is 1. The molecule has 110 valence electrons. The Morgan fingerprint density at radius 1 is 1.43 bits per heavy atom. The number of rotatable bonds is 5. The van der Waals surface area contributed by atoms with E-state index in [1.54, 1.807) is 4.90 Å². The first kappa shape index (κ1) is 15.2. The van der Waals surface area contributed by atoms with Gasteiger partial charge in [0.1, 0.15) is 6.61 Å². The highest BCUT2D eigenvalue weighted by Gasteiger charge is 2.36. The van der Waals surface area contributed by atoms with Crippen molar-refractivity contribution in [3.63, 3.8) is 0 Å². The van der Waals surface area contributed by atoms with Gasteiger partial charge in [-0.25, -0.2) is 4.79 Å². The molecular formula is C18H21NO2. The van der Waals surface area contributed by atoms with E-state index >= 15 is 0 Å². The topological polar surface area (TPSA) is 29.5 Å². The number of ether oxygens (including phenoxy) is 1. The maximum atomic E-state index is 12.3. The first-order chi connectivity index (χ1) is 10.3. The fourth-order valence-corrected chi connectivity index (χ4v) is 2.71. The minimum atomic E-state index is -0.312. The van der Waals surface area contributed by atoms with Gasteiger partial charge < -0.3 is 4.74 Å². The largest absolute Gasteiger partial charge is 0.445 e. The van der Waals surface area contributed by atoms with Crippen LogP contribution in [0.3, 0.4) is 0 Å². The zero-order valence-electron chi connectivity index (χ0n) is 12.2. The summed E-state index contributed by atoms with van der Waals surface area (Å²) in [6.45, 7) is 4.01. The van der Waals surface area contributed by atoms with Crippen molar-refractivity contribution in [1.82, 2.24) is 4.90 Å². The fourth-order valence-electron chi connectivity index (χ4n) is 2.71. The molecule has 1 fully saturated rings. The predicted octanol–water partition coefficient (Wildman–Crippen LogP) is 3.76.